The number of nitrogens with zero attached hydrogens (tertiary/aromatic N) is 1. The molecule has 0 aromatic heterocycles. The molecular formula is C20H21NO3. The zero-order valence-corrected chi connectivity index (χ0v) is 13.5. The smallest absolute Gasteiger partial charge is 0.326 e. The van der Waals surface area contributed by atoms with Crippen LogP contribution in [0.15, 0.2) is 73.3 Å². The number of hydrogen-bond acceptors (Lipinski definition) is 4. The number of rotatable bonds is 7. The van der Waals surface area contributed by atoms with E-state index in [2.05, 4.69) is 6.58 Å². The lowest BCUT2D eigenvalue weighted by molar-refractivity contribution is -0.184. The number of hydroxylamine groups is 2. The Labute approximate surface area is 142 Å². The van der Waals surface area contributed by atoms with Crippen molar-refractivity contribution in [2.45, 2.75) is 31.7 Å². The van der Waals surface area contributed by atoms with Gasteiger partial charge in [-0.05, 0) is 11.1 Å². The minimum atomic E-state index is -0.277. The highest BCUT2D eigenvalue weighted by Gasteiger charge is 2.38. The molecular weight excluding hydrogens is 302 g/mol. The monoisotopic (exact) mass is 323 g/mol. The maximum absolute atomic E-state index is 11.8. The van der Waals surface area contributed by atoms with Crippen molar-refractivity contribution >= 4 is 5.97 Å². The van der Waals surface area contributed by atoms with E-state index in [1.165, 1.54) is 0 Å². The lowest BCUT2D eigenvalue weighted by atomic mass is 10.1. The fourth-order valence-electron chi connectivity index (χ4n) is 2.80. The summed E-state index contributed by atoms with van der Waals surface area (Å²) in [4.78, 5) is 17.2. The van der Waals surface area contributed by atoms with Gasteiger partial charge in [-0.2, -0.15) is 0 Å². The van der Waals surface area contributed by atoms with E-state index in [9.17, 15) is 4.79 Å². The van der Waals surface area contributed by atoms with Crippen molar-refractivity contribution in [2.24, 2.45) is 0 Å². The summed E-state index contributed by atoms with van der Waals surface area (Å²) in [6, 6.07) is 19.7. The Balaban J connectivity index is 1.66. The van der Waals surface area contributed by atoms with Crippen molar-refractivity contribution in [2.75, 3.05) is 0 Å². The van der Waals surface area contributed by atoms with E-state index in [4.69, 9.17) is 9.57 Å². The fourth-order valence-corrected chi connectivity index (χ4v) is 2.80. The van der Waals surface area contributed by atoms with Crippen molar-refractivity contribution in [3.05, 3.63) is 84.4 Å². The van der Waals surface area contributed by atoms with E-state index >= 15 is 0 Å². The first-order valence-corrected chi connectivity index (χ1v) is 8.05. The second-order valence-corrected chi connectivity index (χ2v) is 5.79. The van der Waals surface area contributed by atoms with Gasteiger partial charge in [0.15, 0.2) is 0 Å². The standard InChI is InChI=1S/C20H21NO3/c1-2-19(23-15-17-11-7-4-8-12-17)18-13-20(22)24-21(18)14-16-9-5-3-6-10-16/h2-12,18-19H,1,13-15H2/t18-,19-/m0/s1. The molecule has 2 aromatic rings. The molecule has 0 amide bonds. The van der Waals surface area contributed by atoms with Crippen molar-refractivity contribution in [1.29, 1.82) is 0 Å². The van der Waals surface area contributed by atoms with Gasteiger partial charge in [0, 0.05) is 0 Å². The molecule has 3 rings (SSSR count). The summed E-state index contributed by atoms with van der Waals surface area (Å²) in [7, 11) is 0. The summed E-state index contributed by atoms with van der Waals surface area (Å²) in [5.74, 6) is -0.230. The van der Waals surface area contributed by atoms with Crippen molar-refractivity contribution in [1.82, 2.24) is 5.06 Å². The minimum absolute atomic E-state index is 0.168. The molecule has 124 valence electrons. The summed E-state index contributed by atoms with van der Waals surface area (Å²) in [6.45, 7) is 4.88. The van der Waals surface area contributed by atoms with Crippen LogP contribution in [-0.2, 0) is 27.5 Å². The van der Waals surface area contributed by atoms with Crippen LogP contribution < -0.4 is 0 Å². The normalized spacial score (nSPS) is 19.0. The minimum Gasteiger partial charge on any atom is -0.368 e. The van der Waals surface area contributed by atoms with E-state index in [-0.39, 0.29) is 18.1 Å². The molecule has 2 aromatic carbocycles. The molecule has 4 nitrogen and oxygen atoms in total. The van der Waals surface area contributed by atoms with E-state index in [0.717, 1.165) is 11.1 Å². The van der Waals surface area contributed by atoms with E-state index in [1.54, 1.807) is 11.1 Å². The zero-order chi connectivity index (χ0) is 16.8. The molecule has 0 bridgehead atoms. The van der Waals surface area contributed by atoms with Crippen LogP contribution in [0.25, 0.3) is 0 Å². The molecule has 0 unspecified atom stereocenters. The van der Waals surface area contributed by atoms with Gasteiger partial charge in [-0.25, -0.2) is 0 Å². The van der Waals surface area contributed by atoms with Gasteiger partial charge in [-0.15, -0.1) is 11.6 Å². The molecule has 1 heterocycles. The van der Waals surface area contributed by atoms with Crippen molar-refractivity contribution < 1.29 is 14.4 Å². The molecule has 0 radical (unpaired) electrons. The highest BCUT2D eigenvalue weighted by atomic mass is 16.7. The largest absolute Gasteiger partial charge is 0.368 e. The quantitative estimate of drug-likeness (QED) is 0.731. The molecule has 1 saturated heterocycles. The van der Waals surface area contributed by atoms with Crippen LogP contribution in [0.2, 0.25) is 0 Å². The maximum atomic E-state index is 11.8. The van der Waals surface area contributed by atoms with Gasteiger partial charge in [0.05, 0.1) is 31.7 Å². The van der Waals surface area contributed by atoms with E-state index < -0.39 is 0 Å². The lowest BCUT2D eigenvalue weighted by Gasteiger charge is -2.26. The van der Waals surface area contributed by atoms with E-state index in [0.29, 0.717) is 19.6 Å². The van der Waals surface area contributed by atoms with Crippen LogP contribution in [0.1, 0.15) is 17.5 Å². The number of hydrogen-bond donors (Lipinski definition) is 0. The molecule has 4 heteroatoms. The molecule has 0 saturated carbocycles. The summed E-state index contributed by atoms with van der Waals surface area (Å²) in [5, 5.41) is 1.70. The highest BCUT2D eigenvalue weighted by Crippen LogP contribution is 2.24. The number of benzene rings is 2. The van der Waals surface area contributed by atoms with Crippen molar-refractivity contribution in [3.63, 3.8) is 0 Å². The molecule has 1 aliphatic rings. The predicted octanol–water partition coefficient (Wildman–Crippen LogP) is 3.49. The first-order chi connectivity index (χ1) is 11.8. The molecule has 1 fully saturated rings. The van der Waals surface area contributed by atoms with Gasteiger partial charge in [0.2, 0.25) is 0 Å². The first-order valence-electron chi connectivity index (χ1n) is 8.05. The molecule has 2 atom stereocenters. The zero-order valence-electron chi connectivity index (χ0n) is 13.5. The van der Waals surface area contributed by atoms with Gasteiger partial charge in [-0.1, -0.05) is 66.7 Å². The SMILES string of the molecule is C=C[C@H](OCc1ccccc1)[C@@H]1CC(=O)ON1Cc1ccccc1. The Bertz CT molecular complexity index is 672. The van der Waals surface area contributed by atoms with Gasteiger partial charge in [0.1, 0.15) is 0 Å². The van der Waals surface area contributed by atoms with Crippen LogP contribution in [0.3, 0.4) is 0 Å². The van der Waals surface area contributed by atoms with Crippen LogP contribution in [0.4, 0.5) is 0 Å². The Morgan fingerprint density at radius 1 is 1.12 bits per heavy atom. The van der Waals surface area contributed by atoms with Gasteiger partial charge in [-0.3, -0.25) is 4.79 Å². The number of carbonyl (C=O) groups is 1. The summed E-state index contributed by atoms with van der Waals surface area (Å²) in [5.41, 5.74) is 2.17. The van der Waals surface area contributed by atoms with Crippen molar-refractivity contribution in [3.8, 4) is 0 Å². The number of ether oxygens (including phenoxy) is 1. The van der Waals surface area contributed by atoms with Crippen LogP contribution >= 0.6 is 0 Å². The highest BCUT2D eigenvalue weighted by molar-refractivity contribution is 5.71. The average Bonchev–Trinajstić information content (AvgIpc) is 2.97. The van der Waals surface area contributed by atoms with Crippen LogP contribution in [0, 0.1) is 0 Å². The Morgan fingerprint density at radius 3 is 2.38 bits per heavy atom. The number of carbonyl (C=O) groups excluding carboxylic acids is 1. The average molecular weight is 323 g/mol. The summed E-state index contributed by atoms with van der Waals surface area (Å²) < 4.78 is 5.99. The summed E-state index contributed by atoms with van der Waals surface area (Å²) >= 11 is 0. The fraction of sp³-hybridized carbons (Fsp3) is 0.250. The Hall–Kier alpha value is -2.43. The lowest BCUT2D eigenvalue weighted by Crippen LogP contribution is -2.38. The third kappa shape index (κ3) is 4.10. The maximum Gasteiger partial charge on any atom is 0.326 e. The first kappa shape index (κ1) is 16.4. The second kappa shape index (κ2) is 7.90. The van der Waals surface area contributed by atoms with Gasteiger partial charge in [0.25, 0.3) is 0 Å². The van der Waals surface area contributed by atoms with Gasteiger partial charge < -0.3 is 9.57 Å². The summed E-state index contributed by atoms with van der Waals surface area (Å²) in [6.07, 6.45) is 1.77. The van der Waals surface area contributed by atoms with Crippen LogP contribution in [0.5, 0.6) is 0 Å². The molecule has 1 aliphatic heterocycles. The predicted molar refractivity (Wildman–Crippen MR) is 91.7 cm³/mol. The molecule has 24 heavy (non-hydrogen) atoms. The third-order valence-electron chi connectivity index (χ3n) is 4.04. The molecule has 0 spiro atoms. The van der Waals surface area contributed by atoms with Crippen LogP contribution in [-0.4, -0.2) is 23.2 Å². The Kier molecular flexibility index (Phi) is 5.41. The second-order valence-electron chi connectivity index (χ2n) is 5.79. The molecule has 0 aliphatic carbocycles. The third-order valence-corrected chi connectivity index (χ3v) is 4.04. The topological polar surface area (TPSA) is 38.8 Å². The van der Waals surface area contributed by atoms with E-state index in [1.807, 2.05) is 60.7 Å². The molecule has 0 N–H and O–H groups in total. The van der Waals surface area contributed by atoms with Gasteiger partial charge >= 0.3 is 5.97 Å². The Morgan fingerprint density at radius 2 is 1.75 bits per heavy atom.